The molecule has 0 aliphatic heterocycles. The lowest BCUT2D eigenvalue weighted by Crippen LogP contribution is -2.31. The van der Waals surface area contributed by atoms with Gasteiger partial charge in [-0.25, -0.2) is 0 Å². The lowest BCUT2D eigenvalue weighted by molar-refractivity contribution is -0.386. The van der Waals surface area contributed by atoms with E-state index in [1.54, 1.807) is 0 Å². The summed E-state index contributed by atoms with van der Waals surface area (Å²) < 4.78 is 6.37. The molecule has 1 amide bonds. The molecule has 0 fully saturated rings. The van der Waals surface area contributed by atoms with Crippen LogP contribution in [0.2, 0.25) is 0 Å². The molecule has 3 rings (SSSR count). The maximum Gasteiger partial charge on any atom is 0.328 e. The Bertz CT molecular complexity index is 950. The molecule has 9 nitrogen and oxygen atoms in total. The van der Waals surface area contributed by atoms with Gasteiger partial charge in [-0.15, -0.1) is 0 Å². The molecule has 0 spiro atoms. The van der Waals surface area contributed by atoms with E-state index >= 15 is 0 Å². The molecule has 1 N–H and O–H groups in total. The fourth-order valence-electron chi connectivity index (χ4n) is 3.41. The summed E-state index contributed by atoms with van der Waals surface area (Å²) in [5.74, 6) is -1.14. The number of carbonyl (C=O) groups excluding carboxylic acids is 2. The molecule has 148 valence electrons. The predicted octanol–water partition coefficient (Wildman–Crippen LogP) is 2.47. The third kappa shape index (κ3) is 4.03. The van der Waals surface area contributed by atoms with Crippen LogP contribution in [-0.4, -0.2) is 32.7 Å². The summed E-state index contributed by atoms with van der Waals surface area (Å²) in [5.41, 5.74) is 3.55. The van der Waals surface area contributed by atoms with Gasteiger partial charge in [0.25, 0.3) is 5.91 Å². The molecular formula is C19H22N4O5. The number of fused-ring (bicyclic) bond motifs is 1. The third-order valence-corrected chi connectivity index (χ3v) is 4.85. The van der Waals surface area contributed by atoms with Crippen LogP contribution in [0.1, 0.15) is 35.9 Å². The number of benzene rings is 1. The second kappa shape index (κ2) is 7.79. The first-order valence-corrected chi connectivity index (χ1v) is 9.06. The average molecular weight is 386 g/mol. The summed E-state index contributed by atoms with van der Waals surface area (Å²) >= 11 is 0. The Morgan fingerprint density at radius 2 is 2.04 bits per heavy atom. The molecule has 1 aliphatic rings. The number of ether oxygens (including phenoxy) is 1. The van der Waals surface area contributed by atoms with Gasteiger partial charge in [0.1, 0.15) is 17.9 Å². The normalized spacial score (nSPS) is 13.7. The Balaban J connectivity index is 1.59. The van der Waals surface area contributed by atoms with Crippen LogP contribution < -0.4 is 5.32 Å². The molecule has 28 heavy (non-hydrogen) atoms. The predicted molar refractivity (Wildman–Crippen MR) is 101 cm³/mol. The van der Waals surface area contributed by atoms with Gasteiger partial charge in [0, 0.05) is 5.69 Å². The highest BCUT2D eigenvalue weighted by molar-refractivity contribution is 5.95. The maximum atomic E-state index is 12.3. The molecule has 1 aliphatic carbocycles. The van der Waals surface area contributed by atoms with E-state index < -0.39 is 22.9 Å². The number of hydrogen-bond acceptors (Lipinski definition) is 6. The van der Waals surface area contributed by atoms with Gasteiger partial charge in [-0.05, 0) is 63.3 Å². The summed E-state index contributed by atoms with van der Waals surface area (Å²) in [6.07, 6.45) is 2.17. The third-order valence-electron chi connectivity index (χ3n) is 4.85. The van der Waals surface area contributed by atoms with Crippen LogP contribution in [0, 0.1) is 24.0 Å². The standard InChI is InChI=1S/C19H22N4O5/c1-11-18(23(26)27)12(2)22(21-11)10-17(24)28-13(3)19(25)20-16-8-7-14-5-4-6-15(14)9-16/h7-9,13H,4-6,10H2,1-3H3,(H,20,25)/t13-/m0/s1. The number of aryl methyl sites for hydroxylation is 3. The van der Waals surface area contributed by atoms with Crippen molar-refractivity contribution in [3.05, 3.63) is 50.8 Å². The summed E-state index contributed by atoms with van der Waals surface area (Å²) in [7, 11) is 0. The lowest BCUT2D eigenvalue weighted by atomic mass is 10.1. The zero-order chi connectivity index (χ0) is 20.4. The van der Waals surface area contributed by atoms with Crippen molar-refractivity contribution in [2.45, 2.75) is 52.7 Å². The Kier molecular flexibility index (Phi) is 5.43. The number of rotatable bonds is 6. The number of amides is 1. The highest BCUT2D eigenvalue weighted by atomic mass is 16.6. The van der Waals surface area contributed by atoms with E-state index in [1.807, 2.05) is 18.2 Å². The second-order valence-electron chi connectivity index (χ2n) is 6.89. The number of hydrogen-bond donors (Lipinski definition) is 1. The molecule has 0 radical (unpaired) electrons. The number of esters is 1. The molecule has 2 aromatic rings. The van der Waals surface area contributed by atoms with Gasteiger partial charge in [0.2, 0.25) is 0 Å². The van der Waals surface area contributed by atoms with E-state index in [-0.39, 0.29) is 23.6 Å². The summed E-state index contributed by atoms with van der Waals surface area (Å²) in [4.78, 5) is 35.0. The zero-order valence-corrected chi connectivity index (χ0v) is 16.0. The molecular weight excluding hydrogens is 364 g/mol. The summed E-state index contributed by atoms with van der Waals surface area (Å²) in [5, 5.41) is 17.8. The molecule has 0 bridgehead atoms. The van der Waals surface area contributed by atoms with Crippen LogP contribution in [0.4, 0.5) is 11.4 Å². The Hall–Kier alpha value is -3.23. The Labute approximate surface area is 161 Å². The first kappa shape index (κ1) is 19.5. The SMILES string of the molecule is Cc1nn(CC(=O)O[C@@H](C)C(=O)Nc2ccc3c(c2)CCC3)c(C)c1[N+](=O)[O-]. The van der Waals surface area contributed by atoms with E-state index in [1.165, 1.54) is 36.6 Å². The van der Waals surface area contributed by atoms with Crippen molar-refractivity contribution in [1.82, 2.24) is 9.78 Å². The molecule has 1 aromatic heterocycles. The quantitative estimate of drug-likeness (QED) is 0.463. The minimum atomic E-state index is -1.01. The topological polar surface area (TPSA) is 116 Å². The molecule has 0 saturated heterocycles. The van der Waals surface area contributed by atoms with Crippen molar-refractivity contribution < 1.29 is 19.2 Å². The van der Waals surface area contributed by atoms with Gasteiger partial charge in [-0.1, -0.05) is 6.07 Å². The van der Waals surface area contributed by atoms with Gasteiger partial charge < -0.3 is 10.1 Å². The van der Waals surface area contributed by atoms with E-state index in [4.69, 9.17) is 4.74 Å². The van der Waals surface area contributed by atoms with Gasteiger partial charge in [-0.2, -0.15) is 5.10 Å². The maximum absolute atomic E-state index is 12.3. The van der Waals surface area contributed by atoms with Crippen LogP contribution in [0.5, 0.6) is 0 Å². The zero-order valence-electron chi connectivity index (χ0n) is 16.0. The van der Waals surface area contributed by atoms with E-state index in [0.29, 0.717) is 5.69 Å². The Morgan fingerprint density at radius 3 is 2.71 bits per heavy atom. The van der Waals surface area contributed by atoms with Crippen molar-refractivity contribution in [3.8, 4) is 0 Å². The van der Waals surface area contributed by atoms with Crippen LogP contribution in [0.25, 0.3) is 0 Å². The number of nitrogens with zero attached hydrogens (tertiary/aromatic N) is 3. The monoisotopic (exact) mass is 386 g/mol. The highest BCUT2D eigenvalue weighted by Crippen LogP contribution is 2.25. The van der Waals surface area contributed by atoms with Crippen molar-refractivity contribution in [3.63, 3.8) is 0 Å². The van der Waals surface area contributed by atoms with Crippen LogP contribution in [0.3, 0.4) is 0 Å². The van der Waals surface area contributed by atoms with Crippen LogP contribution in [0.15, 0.2) is 18.2 Å². The number of aromatic nitrogens is 2. The van der Waals surface area contributed by atoms with Crippen molar-refractivity contribution >= 4 is 23.3 Å². The second-order valence-corrected chi connectivity index (χ2v) is 6.89. The van der Waals surface area contributed by atoms with E-state index in [9.17, 15) is 19.7 Å². The first-order chi connectivity index (χ1) is 13.3. The molecule has 1 atom stereocenters. The fourth-order valence-corrected chi connectivity index (χ4v) is 3.41. The molecule has 0 unspecified atom stereocenters. The van der Waals surface area contributed by atoms with Crippen LogP contribution in [-0.2, 0) is 33.7 Å². The number of nitro groups is 1. The number of anilines is 1. The number of nitrogens with one attached hydrogen (secondary N) is 1. The Morgan fingerprint density at radius 1 is 1.32 bits per heavy atom. The van der Waals surface area contributed by atoms with Crippen molar-refractivity contribution in [2.75, 3.05) is 5.32 Å². The average Bonchev–Trinajstić information content (AvgIpc) is 3.18. The largest absolute Gasteiger partial charge is 0.451 e. The number of carbonyl (C=O) groups is 2. The molecule has 1 heterocycles. The minimum absolute atomic E-state index is 0.129. The summed E-state index contributed by atoms with van der Waals surface area (Å²) in [6, 6.07) is 5.79. The van der Waals surface area contributed by atoms with Gasteiger partial charge in [0.15, 0.2) is 6.10 Å². The fraction of sp³-hybridized carbons (Fsp3) is 0.421. The minimum Gasteiger partial charge on any atom is -0.451 e. The van der Waals surface area contributed by atoms with Gasteiger partial charge in [0.05, 0.1) is 4.92 Å². The van der Waals surface area contributed by atoms with Crippen molar-refractivity contribution in [1.29, 1.82) is 0 Å². The van der Waals surface area contributed by atoms with Crippen LogP contribution >= 0.6 is 0 Å². The summed E-state index contributed by atoms with van der Waals surface area (Å²) in [6.45, 7) is 4.18. The van der Waals surface area contributed by atoms with Crippen molar-refractivity contribution in [2.24, 2.45) is 0 Å². The van der Waals surface area contributed by atoms with E-state index in [0.717, 1.165) is 19.3 Å². The molecule has 9 heteroatoms. The van der Waals surface area contributed by atoms with E-state index in [2.05, 4.69) is 10.4 Å². The van der Waals surface area contributed by atoms with Gasteiger partial charge in [-0.3, -0.25) is 24.4 Å². The molecule has 1 aromatic carbocycles. The smallest absolute Gasteiger partial charge is 0.328 e. The van der Waals surface area contributed by atoms with Gasteiger partial charge >= 0.3 is 11.7 Å². The highest BCUT2D eigenvalue weighted by Gasteiger charge is 2.25. The molecule has 0 saturated carbocycles. The lowest BCUT2D eigenvalue weighted by Gasteiger charge is -2.14. The first-order valence-electron chi connectivity index (χ1n) is 9.06.